The third-order valence-corrected chi connectivity index (χ3v) is 4.13. The van der Waals surface area contributed by atoms with Crippen LogP contribution in [0.25, 0.3) is 0 Å². The Labute approximate surface area is 126 Å². The fourth-order valence-electron chi connectivity index (χ4n) is 2.74. The molecule has 0 atom stereocenters. The Bertz CT molecular complexity index is 640. The molecule has 0 unspecified atom stereocenters. The molecule has 1 heterocycles. The number of benzene rings is 1. The van der Waals surface area contributed by atoms with Crippen LogP contribution in [0.2, 0.25) is 0 Å². The Morgan fingerprint density at radius 3 is 2.71 bits per heavy atom. The van der Waals surface area contributed by atoms with Crippen molar-refractivity contribution in [1.82, 2.24) is 9.47 Å². The summed E-state index contributed by atoms with van der Waals surface area (Å²) in [5.74, 6) is 0.240. The first-order valence-corrected chi connectivity index (χ1v) is 7.59. The SMILES string of the molecule is Cc1cccc(CC(=O)N(Cc2cccn2C)C2CC2)c1. The molecule has 1 fully saturated rings. The molecule has 3 rings (SSSR count). The maximum atomic E-state index is 12.7. The topological polar surface area (TPSA) is 25.2 Å². The maximum Gasteiger partial charge on any atom is 0.227 e. The highest BCUT2D eigenvalue weighted by Crippen LogP contribution is 2.29. The zero-order valence-corrected chi connectivity index (χ0v) is 12.7. The van der Waals surface area contributed by atoms with E-state index < -0.39 is 0 Å². The fraction of sp³-hybridized carbons (Fsp3) is 0.389. The van der Waals surface area contributed by atoms with Gasteiger partial charge in [0.25, 0.3) is 0 Å². The molecule has 1 aromatic heterocycles. The number of hydrogen-bond acceptors (Lipinski definition) is 1. The normalized spacial score (nSPS) is 14.2. The van der Waals surface area contributed by atoms with Crippen molar-refractivity contribution in [3.63, 3.8) is 0 Å². The lowest BCUT2D eigenvalue weighted by atomic mass is 10.1. The van der Waals surface area contributed by atoms with E-state index in [1.165, 1.54) is 11.3 Å². The van der Waals surface area contributed by atoms with Gasteiger partial charge in [0.15, 0.2) is 0 Å². The van der Waals surface area contributed by atoms with Gasteiger partial charge in [-0.05, 0) is 37.5 Å². The molecule has 1 aliphatic carbocycles. The van der Waals surface area contributed by atoms with Crippen molar-refractivity contribution >= 4 is 5.91 Å². The number of aryl methyl sites for hydroxylation is 2. The van der Waals surface area contributed by atoms with Gasteiger partial charge in [-0.1, -0.05) is 29.8 Å². The number of carbonyl (C=O) groups excluding carboxylic acids is 1. The van der Waals surface area contributed by atoms with E-state index in [0.717, 1.165) is 24.9 Å². The largest absolute Gasteiger partial charge is 0.353 e. The Morgan fingerprint density at radius 2 is 2.10 bits per heavy atom. The summed E-state index contributed by atoms with van der Waals surface area (Å²) in [6.07, 6.45) is 4.82. The number of rotatable bonds is 5. The molecule has 1 amide bonds. The van der Waals surface area contributed by atoms with Crippen molar-refractivity contribution in [1.29, 1.82) is 0 Å². The summed E-state index contributed by atoms with van der Waals surface area (Å²) >= 11 is 0. The van der Waals surface area contributed by atoms with Crippen LogP contribution in [-0.4, -0.2) is 21.4 Å². The van der Waals surface area contributed by atoms with Crippen molar-refractivity contribution in [2.24, 2.45) is 7.05 Å². The molecule has 0 bridgehead atoms. The first-order chi connectivity index (χ1) is 10.1. The number of amides is 1. The van der Waals surface area contributed by atoms with E-state index in [9.17, 15) is 4.79 Å². The summed E-state index contributed by atoms with van der Waals surface area (Å²) < 4.78 is 2.09. The summed E-state index contributed by atoms with van der Waals surface area (Å²) in [7, 11) is 2.03. The van der Waals surface area contributed by atoms with Crippen molar-refractivity contribution in [3.8, 4) is 0 Å². The number of nitrogens with zero attached hydrogens (tertiary/aromatic N) is 2. The summed E-state index contributed by atoms with van der Waals surface area (Å²) in [5, 5.41) is 0. The minimum Gasteiger partial charge on any atom is -0.353 e. The van der Waals surface area contributed by atoms with E-state index in [0.29, 0.717) is 12.5 Å². The average molecular weight is 282 g/mol. The van der Waals surface area contributed by atoms with Crippen LogP contribution >= 0.6 is 0 Å². The van der Waals surface area contributed by atoms with Gasteiger partial charge >= 0.3 is 0 Å². The van der Waals surface area contributed by atoms with Gasteiger partial charge in [-0.25, -0.2) is 0 Å². The van der Waals surface area contributed by atoms with E-state index in [2.05, 4.69) is 34.6 Å². The lowest BCUT2D eigenvalue weighted by Crippen LogP contribution is -2.34. The zero-order valence-electron chi connectivity index (χ0n) is 12.7. The molecule has 110 valence electrons. The summed E-state index contributed by atoms with van der Waals surface area (Å²) in [4.78, 5) is 14.7. The van der Waals surface area contributed by atoms with Crippen molar-refractivity contribution < 1.29 is 4.79 Å². The van der Waals surface area contributed by atoms with Crippen molar-refractivity contribution in [3.05, 3.63) is 59.4 Å². The molecule has 0 saturated heterocycles. The molecule has 0 aliphatic heterocycles. The highest BCUT2D eigenvalue weighted by atomic mass is 16.2. The molecule has 1 aliphatic rings. The van der Waals surface area contributed by atoms with Gasteiger partial charge in [-0.2, -0.15) is 0 Å². The Morgan fingerprint density at radius 1 is 1.29 bits per heavy atom. The van der Waals surface area contributed by atoms with E-state index in [1.54, 1.807) is 0 Å². The molecule has 0 N–H and O–H groups in total. The molecule has 3 nitrogen and oxygen atoms in total. The fourth-order valence-corrected chi connectivity index (χ4v) is 2.74. The van der Waals surface area contributed by atoms with Gasteiger partial charge in [-0.15, -0.1) is 0 Å². The Kier molecular flexibility index (Phi) is 3.82. The average Bonchev–Trinajstić information content (AvgIpc) is 3.20. The number of aromatic nitrogens is 1. The smallest absolute Gasteiger partial charge is 0.227 e. The van der Waals surface area contributed by atoms with Gasteiger partial charge in [0.2, 0.25) is 5.91 Å². The van der Waals surface area contributed by atoms with Gasteiger partial charge in [0, 0.05) is 25.0 Å². The molecular weight excluding hydrogens is 260 g/mol. The van der Waals surface area contributed by atoms with Gasteiger partial charge in [0.05, 0.1) is 13.0 Å². The van der Waals surface area contributed by atoms with Crippen LogP contribution in [0.15, 0.2) is 42.6 Å². The van der Waals surface area contributed by atoms with E-state index in [1.807, 2.05) is 31.4 Å². The quantitative estimate of drug-likeness (QED) is 0.827. The lowest BCUT2D eigenvalue weighted by Gasteiger charge is -2.23. The Balaban J connectivity index is 1.72. The zero-order chi connectivity index (χ0) is 14.8. The van der Waals surface area contributed by atoms with Crippen molar-refractivity contribution in [2.45, 2.75) is 38.8 Å². The minimum atomic E-state index is 0.240. The highest BCUT2D eigenvalue weighted by Gasteiger charge is 2.32. The second kappa shape index (κ2) is 5.76. The second-order valence-electron chi connectivity index (χ2n) is 6.03. The molecule has 21 heavy (non-hydrogen) atoms. The lowest BCUT2D eigenvalue weighted by molar-refractivity contribution is -0.131. The summed E-state index contributed by atoms with van der Waals surface area (Å²) in [6, 6.07) is 12.8. The van der Waals surface area contributed by atoms with Crippen LogP contribution in [-0.2, 0) is 24.8 Å². The summed E-state index contributed by atoms with van der Waals surface area (Å²) in [5.41, 5.74) is 3.51. The van der Waals surface area contributed by atoms with E-state index in [4.69, 9.17) is 0 Å². The van der Waals surface area contributed by atoms with Gasteiger partial charge in [-0.3, -0.25) is 4.79 Å². The van der Waals surface area contributed by atoms with Crippen LogP contribution in [0.4, 0.5) is 0 Å². The van der Waals surface area contributed by atoms with Crippen LogP contribution in [0.5, 0.6) is 0 Å². The predicted molar refractivity (Wildman–Crippen MR) is 83.9 cm³/mol. The van der Waals surface area contributed by atoms with Crippen molar-refractivity contribution in [2.75, 3.05) is 0 Å². The third-order valence-electron chi connectivity index (χ3n) is 4.13. The second-order valence-corrected chi connectivity index (χ2v) is 6.03. The summed E-state index contributed by atoms with van der Waals surface area (Å²) in [6.45, 7) is 2.79. The number of carbonyl (C=O) groups is 1. The van der Waals surface area contributed by atoms with Crippen LogP contribution < -0.4 is 0 Å². The first kappa shape index (κ1) is 13.9. The highest BCUT2D eigenvalue weighted by molar-refractivity contribution is 5.79. The molecule has 0 spiro atoms. The van der Waals surface area contributed by atoms with Gasteiger partial charge in [0.1, 0.15) is 0 Å². The van der Waals surface area contributed by atoms with Gasteiger partial charge < -0.3 is 9.47 Å². The maximum absolute atomic E-state index is 12.7. The standard InChI is InChI=1S/C18H22N2O/c1-14-5-3-6-15(11-14)12-18(21)20(16-8-9-16)13-17-7-4-10-19(17)2/h3-7,10-11,16H,8-9,12-13H2,1-2H3. The molecule has 2 aromatic rings. The monoisotopic (exact) mass is 282 g/mol. The third kappa shape index (κ3) is 3.35. The molecule has 1 aromatic carbocycles. The molecule has 0 radical (unpaired) electrons. The number of hydrogen-bond donors (Lipinski definition) is 0. The molecule has 3 heteroatoms. The predicted octanol–water partition coefficient (Wildman–Crippen LogP) is 3.07. The van der Waals surface area contributed by atoms with Crippen LogP contribution in [0.1, 0.15) is 29.7 Å². The molecular formula is C18H22N2O. The van der Waals surface area contributed by atoms with E-state index >= 15 is 0 Å². The van der Waals surface area contributed by atoms with Crippen LogP contribution in [0.3, 0.4) is 0 Å². The first-order valence-electron chi connectivity index (χ1n) is 7.59. The van der Waals surface area contributed by atoms with E-state index in [-0.39, 0.29) is 5.91 Å². The van der Waals surface area contributed by atoms with Crippen LogP contribution in [0, 0.1) is 6.92 Å². The Hall–Kier alpha value is -2.03. The minimum absolute atomic E-state index is 0.240. The molecule has 1 saturated carbocycles.